The van der Waals surface area contributed by atoms with Gasteiger partial charge in [-0.05, 0) is 49.8 Å². The molecule has 1 fully saturated rings. The summed E-state index contributed by atoms with van der Waals surface area (Å²) in [6.07, 6.45) is 3.20. The normalized spacial score (nSPS) is 15.0. The first-order valence-electron chi connectivity index (χ1n) is 9.08. The van der Waals surface area contributed by atoms with E-state index in [0.717, 1.165) is 43.8 Å². The zero-order chi connectivity index (χ0) is 17.5. The van der Waals surface area contributed by atoms with Crippen molar-refractivity contribution < 1.29 is 9.53 Å². The second-order valence-corrected chi connectivity index (χ2v) is 6.48. The van der Waals surface area contributed by atoms with Crippen LogP contribution in [0.15, 0.2) is 54.6 Å². The molecule has 0 aromatic heterocycles. The number of rotatable bonds is 5. The first-order valence-corrected chi connectivity index (χ1v) is 9.08. The molecule has 132 valence electrons. The number of piperidine rings is 1. The van der Waals surface area contributed by atoms with Gasteiger partial charge in [-0.3, -0.25) is 0 Å². The van der Waals surface area contributed by atoms with Crippen LogP contribution in [0.3, 0.4) is 0 Å². The Labute approximate surface area is 149 Å². The number of carbonyl (C=O) groups is 1. The number of carbonyl (C=O) groups excluding carboxylic acids is 1. The van der Waals surface area contributed by atoms with Gasteiger partial charge in [0.2, 0.25) is 0 Å². The highest BCUT2D eigenvalue weighted by atomic mass is 16.5. The second-order valence-electron chi connectivity index (χ2n) is 6.48. The van der Waals surface area contributed by atoms with Gasteiger partial charge in [-0.25, -0.2) is 4.79 Å². The van der Waals surface area contributed by atoms with Crippen LogP contribution in [0.25, 0.3) is 0 Å². The van der Waals surface area contributed by atoms with E-state index in [1.807, 2.05) is 36.1 Å². The maximum absolute atomic E-state index is 12.5. The first kappa shape index (κ1) is 17.3. The minimum absolute atomic E-state index is 0.0367. The number of ether oxygens (including phenoxy) is 1. The number of benzene rings is 2. The van der Waals surface area contributed by atoms with E-state index in [4.69, 9.17) is 4.74 Å². The molecule has 0 aliphatic carbocycles. The van der Waals surface area contributed by atoms with Crippen LogP contribution in [-0.2, 0) is 6.42 Å². The van der Waals surface area contributed by atoms with Crippen LogP contribution < -0.4 is 10.1 Å². The van der Waals surface area contributed by atoms with E-state index in [1.165, 1.54) is 5.56 Å². The maximum Gasteiger partial charge on any atom is 0.321 e. The van der Waals surface area contributed by atoms with E-state index < -0.39 is 0 Å². The van der Waals surface area contributed by atoms with Crippen LogP contribution in [0.1, 0.15) is 25.3 Å². The van der Waals surface area contributed by atoms with E-state index in [1.54, 1.807) is 0 Å². The van der Waals surface area contributed by atoms with E-state index in [9.17, 15) is 4.79 Å². The Balaban J connectivity index is 1.52. The zero-order valence-corrected chi connectivity index (χ0v) is 14.8. The predicted molar refractivity (Wildman–Crippen MR) is 101 cm³/mol. The molecule has 0 unspecified atom stereocenters. The molecule has 2 aromatic carbocycles. The molecule has 0 saturated carbocycles. The summed E-state index contributed by atoms with van der Waals surface area (Å²) >= 11 is 0. The summed E-state index contributed by atoms with van der Waals surface area (Å²) in [7, 11) is 0. The lowest BCUT2D eigenvalue weighted by Crippen LogP contribution is -2.41. The molecular weight excluding hydrogens is 312 g/mol. The minimum Gasteiger partial charge on any atom is -0.492 e. The minimum atomic E-state index is -0.0367. The topological polar surface area (TPSA) is 41.6 Å². The molecule has 1 saturated heterocycles. The number of nitrogens with zero attached hydrogens (tertiary/aromatic N) is 1. The molecule has 4 heteroatoms. The van der Waals surface area contributed by atoms with Crippen molar-refractivity contribution in [3.63, 3.8) is 0 Å². The average Bonchev–Trinajstić information content (AvgIpc) is 2.65. The Bertz CT molecular complexity index is 679. The highest BCUT2D eigenvalue weighted by Crippen LogP contribution is 2.26. The van der Waals surface area contributed by atoms with Crippen LogP contribution in [-0.4, -0.2) is 30.6 Å². The first-order chi connectivity index (χ1) is 12.3. The third kappa shape index (κ3) is 4.75. The molecule has 25 heavy (non-hydrogen) atoms. The fourth-order valence-electron chi connectivity index (χ4n) is 3.33. The quantitative estimate of drug-likeness (QED) is 0.867. The number of amides is 2. The SMILES string of the molecule is CCOc1ccccc1NC(=O)N1CCC(Cc2ccccc2)CC1. The van der Waals surface area contributed by atoms with Gasteiger partial charge in [0.25, 0.3) is 0 Å². The fourth-order valence-corrected chi connectivity index (χ4v) is 3.33. The van der Waals surface area contributed by atoms with Crippen LogP contribution in [0.2, 0.25) is 0 Å². The number of hydrogen-bond acceptors (Lipinski definition) is 2. The number of nitrogens with one attached hydrogen (secondary N) is 1. The lowest BCUT2D eigenvalue weighted by Gasteiger charge is -2.32. The van der Waals surface area contributed by atoms with Crippen molar-refractivity contribution in [2.24, 2.45) is 5.92 Å². The van der Waals surface area contributed by atoms with Crippen LogP contribution in [0, 0.1) is 5.92 Å². The number of para-hydroxylation sites is 2. The van der Waals surface area contributed by atoms with Gasteiger partial charge in [0.1, 0.15) is 5.75 Å². The van der Waals surface area contributed by atoms with Crippen molar-refractivity contribution in [1.29, 1.82) is 0 Å². The Morgan fingerprint density at radius 1 is 1.08 bits per heavy atom. The van der Waals surface area contributed by atoms with Gasteiger partial charge in [0.15, 0.2) is 0 Å². The van der Waals surface area contributed by atoms with E-state index >= 15 is 0 Å². The molecular formula is C21H26N2O2. The Hall–Kier alpha value is -2.49. The summed E-state index contributed by atoms with van der Waals surface area (Å²) in [6.45, 7) is 4.13. The number of anilines is 1. The van der Waals surface area contributed by atoms with Crippen LogP contribution in [0.5, 0.6) is 5.75 Å². The molecule has 0 radical (unpaired) electrons. The van der Waals surface area contributed by atoms with Crippen molar-refractivity contribution in [2.75, 3.05) is 25.0 Å². The van der Waals surface area contributed by atoms with Gasteiger partial charge in [0, 0.05) is 13.1 Å². The highest BCUT2D eigenvalue weighted by Gasteiger charge is 2.23. The standard InChI is InChI=1S/C21H26N2O2/c1-2-25-20-11-7-6-10-19(20)22-21(24)23-14-12-18(13-15-23)16-17-8-4-3-5-9-17/h3-11,18H,2,12-16H2,1H3,(H,22,24). The van der Waals surface area contributed by atoms with Gasteiger partial charge in [-0.2, -0.15) is 0 Å². The molecule has 0 bridgehead atoms. The maximum atomic E-state index is 12.5. The summed E-state index contributed by atoms with van der Waals surface area (Å²) < 4.78 is 5.58. The summed E-state index contributed by atoms with van der Waals surface area (Å²) in [5.74, 6) is 1.37. The van der Waals surface area contributed by atoms with Gasteiger partial charge >= 0.3 is 6.03 Å². The van der Waals surface area contributed by atoms with Gasteiger partial charge < -0.3 is 15.0 Å². The summed E-state index contributed by atoms with van der Waals surface area (Å²) in [6, 6.07) is 18.1. The summed E-state index contributed by atoms with van der Waals surface area (Å²) in [4.78, 5) is 14.5. The third-order valence-electron chi connectivity index (χ3n) is 4.70. The van der Waals surface area contributed by atoms with Gasteiger partial charge in [-0.15, -0.1) is 0 Å². The third-order valence-corrected chi connectivity index (χ3v) is 4.70. The molecule has 1 N–H and O–H groups in total. The number of hydrogen-bond donors (Lipinski definition) is 1. The molecule has 0 spiro atoms. The number of urea groups is 1. The average molecular weight is 338 g/mol. The van der Waals surface area contributed by atoms with Crippen molar-refractivity contribution in [2.45, 2.75) is 26.2 Å². The lowest BCUT2D eigenvalue weighted by molar-refractivity contribution is 0.182. The van der Waals surface area contributed by atoms with E-state index in [-0.39, 0.29) is 6.03 Å². The van der Waals surface area contributed by atoms with Gasteiger partial charge in [0.05, 0.1) is 12.3 Å². The smallest absolute Gasteiger partial charge is 0.321 e. The monoisotopic (exact) mass is 338 g/mol. The summed E-state index contributed by atoms with van der Waals surface area (Å²) in [5.41, 5.74) is 2.12. The Morgan fingerprint density at radius 2 is 1.76 bits per heavy atom. The Kier molecular flexibility index (Phi) is 5.94. The highest BCUT2D eigenvalue weighted by molar-refractivity contribution is 5.91. The van der Waals surface area contributed by atoms with E-state index in [2.05, 4.69) is 35.6 Å². The van der Waals surface area contributed by atoms with Crippen molar-refractivity contribution >= 4 is 11.7 Å². The van der Waals surface area contributed by atoms with Gasteiger partial charge in [-0.1, -0.05) is 42.5 Å². The van der Waals surface area contributed by atoms with Crippen molar-refractivity contribution in [3.8, 4) is 5.75 Å². The van der Waals surface area contributed by atoms with Crippen molar-refractivity contribution in [3.05, 3.63) is 60.2 Å². The Morgan fingerprint density at radius 3 is 2.48 bits per heavy atom. The molecule has 2 amide bonds. The second kappa shape index (κ2) is 8.56. The largest absolute Gasteiger partial charge is 0.492 e. The fraction of sp³-hybridized carbons (Fsp3) is 0.381. The zero-order valence-electron chi connectivity index (χ0n) is 14.8. The summed E-state index contributed by atoms with van der Waals surface area (Å²) in [5, 5.41) is 2.99. The number of likely N-dealkylation sites (tertiary alicyclic amines) is 1. The molecule has 2 aromatic rings. The molecule has 1 aliphatic heterocycles. The van der Waals surface area contributed by atoms with E-state index in [0.29, 0.717) is 12.5 Å². The van der Waals surface area contributed by atoms with Crippen LogP contribution >= 0.6 is 0 Å². The van der Waals surface area contributed by atoms with Crippen LogP contribution in [0.4, 0.5) is 10.5 Å². The molecule has 1 aliphatic rings. The molecule has 4 nitrogen and oxygen atoms in total. The predicted octanol–water partition coefficient (Wildman–Crippen LogP) is 4.57. The van der Waals surface area contributed by atoms with Crippen molar-refractivity contribution in [1.82, 2.24) is 4.90 Å². The molecule has 0 atom stereocenters. The molecule has 3 rings (SSSR count). The molecule has 1 heterocycles. The lowest BCUT2D eigenvalue weighted by atomic mass is 9.90.